The van der Waals surface area contributed by atoms with E-state index in [2.05, 4.69) is 34.8 Å². The molecule has 0 N–H and O–H groups in total. The fourth-order valence-electron chi connectivity index (χ4n) is 1.82. The van der Waals surface area contributed by atoms with Gasteiger partial charge in [-0.2, -0.15) is 0 Å². The molecule has 1 atom stereocenters. The lowest BCUT2D eigenvalue weighted by atomic mass is 9.98. The molecule has 0 radical (unpaired) electrons. The van der Waals surface area contributed by atoms with E-state index in [1.54, 1.807) is 6.92 Å². The normalized spacial score (nSPS) is 28.6. The first kappa shape index (κ1) is 16.1. The van der Waals surface area contributed by atoms with E-state index < -0.39 is 0 Å². The van der Waals surface area contributed by atoms with Gasteiger partial charge in [0.15, 0.2) is 5.78 Å². The van der Waals surface area contributed by atoms with E-state index in [9.17, 15) is 4.79 Å². The molecular weight excluding hydrogens is 302 g/mol. The summed E-state index contributed by atoms with van der Waals surface area (Å²) in [7, 11) is 0. The highest BCUT2D eigenvalue weighted by Crippen LogP contribution is 2.27. The van der Waals surface area contributed by atoms with E-state index in [1.165, 1.54) is 0 Å². The van der Waals surface area contributed by atoms with E-state index in [4.69, 9.17) is 0 Å². The standard InChI is InChI=1S/C16H22BrNO/c1-4-5-6-11-18-16-10-9-15(17)12(2)7-8-14(16)13(3)19/h8-12H,4-7H2,1-3H3/b14-8+,15-9+,16-10+,18-11-. The monoisotopic (exact) mass is 323 g/mol. The van der Waals surface area contributed by atoms with E-state index in [0.29, 0.717) is 5.92 Å². The van der Waals surface area contributed by atoms with Crippen molar-refractivity contribution in [2.75, 3.05) is 0 Å². The summed E-state index contributed by atoms with van der Waals surface area (Å²) in [6, 6.07) is 0. The largest absolute Gasteiger partial charge is 0.294 e. The summed E-state index contributed by atoms with van der Waals surface area (Å²) < 4.78 is 1.15. The van der Waals surface area contributed by atoms with Gasteiger partial charge in [0.1, 0.15) is 0 Å². The van der Waals surface area contributed by atoms with Gasteiger partial charge in [-0.15, -0.1) is 0 Å². The third kappa shape index (κ3) is 5.27. The van der Waals surface area contributed by atoms with Crippen LogP contribution in [0.1, 0.15) is 46.5 Å². The number of carbonyl (C=O) groups excluding carboxylic acids is 1. The minimum absolute atomic E-state index is 0.0810. The number of unbranched alkanes of at least 4 members (excludes halogenated alkanes) is 2. The molecule has 0 bridgehead atoms. The van der Waals surface area contributed by atoms with Crippen molar-refractivity contribution in [3.05, 3.63) is 34.0 Å². The van der Waals surface area contributed by atoms with Crippen molar-refractivity contribution >= 4 is 27.9 Å². The van der Waals surface area contributed by atoms with Gasteiger partial charge in [-0.1, -0.05) is 42.3 Å². The molecule has 3 heteroatoms. The summed E-state index contributed by atoms with van der Waals surface area (Å²) in [6.07, 6.45) is 12.0. The minimum Gasteiger partial charge on any atom is -0.294 e. The van der Waals surface area contributed by atoms with Crippen LogP contribution in [0.2, 0.25) is 0 Å². The topological polar surface area (TPSA) is 29.4 Å². The van der Waals surface area contributed by atoms with Gasteiger partial charge in [0.25, 0.3) is 0 Å². The molecule has 2 nitrogen and oxygen atoms in total. The van der Waals surface area contributed by atoms with Crippen molar-refractivity contribution in [3.63, 3.8) is 0 Å². The Kier molecular flexibility index (Phi) is 7.00. The van der Waals surface area contributed by atoms with Crippen molar-refractivity contribution in [2.45, 2.75) is 46.5 Å². The second-order valence-corrected chi connectivity index (χ2v) is 5.78. The zero-order valence-corrected chi connectivity index (χ0v) is 13.5. The predicted octanol–water partition coefficient (Wildman–Crippen LogP) is 4.97. The first-order chi connectivity index (χ1) is 9.06. The molecule has 19 heavy (non-hydrogen) atoms. The molecule has 0 saturated carbocycles. The van der Waals surface area contributed by atoms with Crippen molar-refractivity contribution in [1.82, 2.24) is 0 Å². The molecule has 0 aromatic carbocycles. The van der Waals surface area contributed by atoms with Crippen LogP contribution in [0.15, 0.2) is 39.0 Å². The number of hydrogen-bond donors (Lipinski definition) is 0. The zero-order valence-electron chi connectivity index (χ0n) is 11.9. The molecule has 1 aliphatic rings. The number of carbonyl (C=O) groups is 1. The average molecular weight is 324 g/mol. The maximum absolute atomic E-state index is 11.7. The van der Waals surface area contributed by atoms with E-state index in [1.807, 2.05) is 24.4 Å². The number of nitrogens with zero attached hydrogens (tertiary/aromatic N) is 1. The lowest BCUT2D eigenvalue weighted by Gasteiger charge is -2.12. The number of halogens is 1. The third-order valence-electron chi connectivity index (χ3n) is 3.12. The lowest BCUT2D eigenvalue weighted by molar-refractivity contribution is -0.113. The van der Waals surface area contributed by atoms with Gasteiger partial charge in [-0.3, -0.25) is 9.79 Å². The van der Waals surface area contributed by atoms with Crippen molar-refractivity contribution in [3.8, 4) is 0 Å². The molecule has 0 aliphatic heterocycles. The minimum atomic E-state index is 0.0810. The van der Waals surface area contributed by atoms with E-state index in [-0.39, 0.29) is 5.78 Å². The van der Waals surface area contributed by atoms with Gasteiger partial charge in [0.05, 0.1) is 5.70 Å². The number of ketones is 1. The summed E-state index contributed by atoms with van der Waals surface area (Å²) >= 11 is 3.57. The Hall–Kier alpha value is -0.960. The second-order valence-electron chi connectivity index (χ2n) is 4.87. The predicted molar refractivity (Wildman–Crippen MR) is 85.7 cm³/mol. The van der Waals surface area contributed by atoms with Crippen molar-refractivity contribution in [2.24, 2.45) is 10.9 Å². The molecule has 0 aromatic rings. The zero-order chi connectivity index (χ0) is 14.3. The van der Waals surface area contributed by atoms with Crippen LogP contribution in [0.4, 0.5) is 0 Å². The molecule has 0 spiro atoms. The fourth-order valence-corrected chi connectivity index (χ4v) is 2.14. The van der Waals surface area contributed by atoms with Gasteiger partial charge >= 0.3 is 0 Å². The Labute approximate surface area is 124 Å². The Morgan fingerprint density at radius 1 is 1.53 bits per heavy atom. The summed E-state index contributed by atoms with van der Waals surface area (Å²) in [5.74, 6) is 0.480. The van der Waals surface area contributed by atoms with Crippen LogP contribution in [0.25, 0.3) is 0 Å². The summed E-state index contributed by atoms with van der Waals surface area (Å²) in [4.78, 5) is 16.2. The number of aliphatic imine (C=N–C) groups is 1. The summed E-state index contributed by atoms with van der Waals surface area (Å²) in [5, 5.41) is 0. The number of rotatable bonds is 5. The molecule has 0 saturated heterocycles. The molecule has 0 aromatic heterocycles. The highest BCUT2D eigenvalue weighted by molar-refractivity contribution is 9.11. The van der Waals surface area contributed by atoms with Gasteiger partial charge in [-0.25, -0.2) is 0 Å². The summed E-state index contributed by atoms with van der Waals surface area (Å²) in [5.41, 5.74) is 1.50. The fraction of sp³-hybridized carbons (Fsp3) is 0.500. The molecule has 104 valence electrons. The van der Waals surface area contributed by atoms with Crippen LogP contribution >= 0.6 is 15.9 Å². The molecule has 1 unspecified atom stereocenters. The average Bonchev–Trinajstić information content (AvgIpc) is 2.37. The summed E-state index contributed by atoms with van der Waals surface area (Å²) in [6.45, 7) is 5.90. The number of hydrogen-bond acceptors (Lipinski definition) is 2. The second kappa shape index (κ2) is 8.26. The molecule has 0 amide bonds. The lowest BCUT2D eigenvalue weighted by Crippen LogP contribution is -2.03. The van der Waals surface area contributed by atoms with Gasteiger partial charge in [-0.05, 0) is 48.7 Å². The highest BCUT2D eigenvalue weighted by Gasteiger charge is 2.13. The van der Waals surface area contributed by atoms with Gasteiger partial charge in [0, 0.05) is 11.8 Å². The maximum Gasteiger partial charge on any atom is 0.161 e. The van der Waals surface area contributed by atoms with E-state index >= 15 is 0 Å². The highest BCUT2D eigenvalue weighted by atomic mass is 79.9. The Morgan fingerprint density at radius 3 is 2.89 bits per heavy atom. The smallest absolute Gasteiger partial charge is 0.161 e. The van der Waals surface area contributed by atoms with E-state index in [0.717, 1.165) is 41.4 Å². The number of allylic oxidation sites excluding steroid dienone is 5. The third-order valence-corrected chi connectivity index (χ3v) is 4.17. The van der Waals surface area contributed by atoms with Crippen LogP contribution in [-0.4, -0.2) is 12.0 Å². The molecule has 0 fully saturated rings. The molecule has 0 heterocycles. The van der Waals surface area contributed by atoms with Crippen LogP contribution in [-0.2, 0) is 4.79 Å². The SMILES string of the molecule is CCCC\C=N/C1=C/C=C(/Br)C(C)C\C=C\1C(C)=O. The molecule has 1 rings (SSSR count). The first-order valence-corrected chi connectivity index (χ1v) is 7.67. The van der Waals surface area contributed by atoms with Crippen LogP contribution in [0, 0.1) is 5.92 Å². The van der Waals surface area contributed by atoms with Crippen LogP contribution in [0.5, 0.6) is 0 Å². The Morgan fingerprint density at radius 2 is 2.26 bits per heavy atom. The van der Waals surface area contributed by atoms with Crippen molar-refractivity contribution < 1.29 is 4.79 Å². The molecular formula is C16H22BrNO. The number of Topliss-reactive ketones (excluding diaryl/α,β-unsaturated/α-hetero) is 1. The van der Waals surface area contributed by atoms with Gasteiger partial charge in [0.2, 0.25) is 0 Å². The van der Waals surface area contributed by atoms with Crippen LogP contribution in [0.3, 0.4) is 0 Å². The van der Waals surface area contributed by atoms with Gasteiger partial charge < -0.3 is 0 Å². The first-order valence-electron chi connectivity index (χ1n) is 6.87. The Bertz CT molecular complexity index is 444. The quantitative estimate of drug-likeness (QED) is 0.519. The van der Waals surface area contributed by atoms with Crippen LogP contribution < -0.4 is 0 Å². The molecule has 1 aliphatic carbocycles. The Balaban J connectivity index is 2.98. The maximum atomic E-state index is 11.7. The van der Waals surface area contributed by atoms with Crippen molar-refractivity contribution in [1.29, 1.82) is 0 Å².